The lowest BCUT2D eigenvalue weighted by Crippen LogP contribution is -1.98. The van der Waals surface area contributed by atoms with Gasteiger partial charge in [-0.1, -0.05) is 60.7 Å². The van der Waals surface area contributed by atoms with E-state index < -0.39 is 0 Å². The first-order chi connectivity index (χ1) is 8.84. The average molecular weight is 234 g/mol. The molecule has 2 aromatic rings. The first kappa shape index (κ1) is 10.8. The molecule has 1 aliphatic carbocycles. The lowest BCUT2D eigenvalue weighted by molar-refractivity contribution is 0.509. The average Bonchev–Trinajstić information content (AvgIpc) is 2.44. The Morgan fingerprint density at radius 3 is 2.28 bits per heavy atom. The summed E-state index contributed by atoms with van der Waals surface area (Å²) >= 11 is 0. The van der Waals surface area contributed by atoms with Gasteiger partial charge in [0.05, 0.1) is 0 Å². The zero-order valence-corrected chi connectivity index (χ0v) is 10.0. The number of benzene rings is 2. The summed E-state index contributed by atoms with van der Waals surface area (Å²) in [6.07, 6.45) is 4.83. The van der Waals surface area contributed by atoms with Crippen LogP contribution in [0.15, 0.2) is 60.7 Å². The van der Waals surface area contributed by atoms with Crippen molar-refractivity contribution in [3.05, 3.63) is 77.4 Å². The smallest absolute Gasteiger partial charge is 0.119 e. The Morgan fingerprint density at radius 2 is 1.50 bits per heavy atom. The third-order valence-corrected chi connectivity index (χ3v) is 3.20. The lowest BCUT2D eigenvalue weighted by atomic mass is 9.90. The molecule has 0 unspecified atom stereocenters. The first-order valence-electron chi connectivity index (χ1n) is 6.09. The Morgan fingerprint density at radius 1 is 0.833 bits per heavy atom. The van der Waals surface area contributed by atoms with E-state index in [1.54, 1.807) is 0 Å². The maximum atomic E-state index is 9.88. The van der Waals surface area contributed by atoms with Gasteiger partial charge < -0.3 is 5.11 Å². The number of hydrogen-bond donors (Lipinski definition) is 1. The van der Waals surface area contributed by atoms with Gasteiger partial charge in [0.25, 0.3) is 0 Å². The molecule has 1 heteroatoms. The number of aliphatic hydroxyl groups excluding tert-OH is 1. The second-order valence-corrected chi connectivity index (χ2v) is 4.42. The minimum Gasteiger partial charge on any atom is -0.508 e. The van der Waals surface area contributed by atoms with Crippen LogP contribution in [-0.2, 0) is 0 Å². The van der Waals surface area contributed by atoms with Crippen molar-refractivity contribution in [2.45, 2.75) is 6.42 Å². The molecule has 0 aliphatic heterocycles. The molecule has 0 saturated heterocycles. The van der Waals surface area contributed by atoms with Crippen LogP contribution in [0.25, 0.3) is 17.4 Å². The van der Waals surface area contributed by atoms with E-state index in [4.69, 9.17) is 0 Å². The summed E-state index contributed by atoms with van der Waals surface area (Å²) in [6, 6.07) is 18.3. The first-order valence-corrected chi connectivity index (χ1v) is 6.09. The van der Waals surface area contributed by atoms with Gasteiger partial charge in [-0.05, 0) is 29.2 Å². The standard InChI is InChI=1S/C17H14O/c18-17-11-10-14(12-13-6-2-1-3-7-13)15-8-4-5-9-16(15)17/h1-9,11-12,18H,10H2/b14-12+. The van der Waals surface area contributed by atoms with Crippen LogP contribution < -0.4 is 0 Å². The Hall–Kier alpha value is -2.28. The highest BCUT2D eigenvalue weighted by Gasteiger charge is 2.14. The number of allylic oxidation sites excluding steroid dienone is 2. The van der Waals surface area contributed by atoms with Gasteiger partial charge in [-0.25, -0.2) is 0 Å². The molecule has 0 saturated carbocycles. The van der Waals surface area contributed by atoms with E-state index >= 15 is 0 Å². The molecule has 1 nitrogen and oxygen atoms in total. The van der Waals surface area contributed by atoms with Crippen LogP contribution in [0.4, 0.5) is 0 Å². The van der Waals surface area contributed by atoms with Crippen molar-refractivity contribution in [2.24, 2.45) is 0 Å². The molecule has 0 bridgehead atoms. The highest BCUT2D eigenvalue weighted by molar-refractivity contribution is 5.90. The molecule has 0 aromatic heterocycles. The summed E-state index contributed by atoms with van der Waals surface area (Å²) in [6.45, 7) is 0. The van der Waals surface area contributed by atoms with E-state index in [0.717, 1.165) is 17.5 Å². The molecule has 18 heavy (non-hydrogen) atoms. The van der Waals surface area contributed by atoms with E-state index in [2.05, 4.69) is 24.3 Å². The predicted octanol–water partition coefficient (Wildman–Crippen LogP) is 4.53. The van der Waals surface area contributed by atoms with E-state index in [-0.39, 0.29) is 0 Å². The largest absolute Gasteiger partial charge is 0.508 e. The van der Waals surface area contributed by atoms with Crippen LogP contribution in [0.2, 0.25) is 0 Å². The fourth-order valence-corrected chi connectivity index (χ4v) is 2.30. The van der Waals surface area contributed by atoms with Gasteiger partial charge in [-0.15, -0.1) is 0 Å². The third-order valence-electron chi connectivity index (χ3n) is 3.20. The normalized spacial score (nSPS) is 16.2. The number of hydrogen-bond acceptors (Lipinski definition) is 1. The van der Waals surface area contributed by atoms with Crippen molar-refractivity contribution in [3.8, 4) is 0 Å². The van der Waals surface area contributed by atoms with Gasteiger partial charge >= 0.3 is 0 Å². The van der Waals surface area contributed by atoms with Gasteiger partial charge in [-0.2, -0.15) is 0 Å². The van der Waals surface area contributed by atoms with Gasteiger partial charge in [0, 0.05) is 5.56 Å². The molecule has 88 valence electrons. The molecule has 1 aliphatic rings. The van der Waals surface area contributed by atoms with Crippen LogP contribution in [0, 0.1) is 0 Å². The summed E-state index contributed by atoms with van der Waals surface area (Å²) in [5, 5.41) is 9.88. The Balaban J connectivity index is 2.09. The maximum absolute atomic E-state index is 9.88. The Labute approximate surface area is 107 Å². The molecule has 3 rings (SSSR count). The molecule has 1 N–H and O–H groups in total. The van der Waals surface area contributed by atoms with Crippen molar-refractivity contribution in [2.75, 3.05) is 0 Å². The van der Waals surface area contributed by atoms with Crippen LogP contribution in [-0.4, -0.2) is 5.11 Å². The van der Waals surface area contributed by atoms with Gasteiger partial charge in [-0.3, -0.25) is 0 Å². The quantitative estimate of drug-likeness (QED) is 0.768. The van der Waals surface area contributed by atoms with Gasteiger partial charge in [0.2, 0.25) is 0 Å². The topological polar surface area (TPSA) is 20.2 Å². The summed E-state index contributed by atoms with van der Waals surface area (Å²) in [5.41, 5.74) is 4.49. The molecular formula is C17H14O. The van der Waals surface area contributed by atoms with Gasteiger partial charge in [0.1, 0.15) is 5.76 Å². The monoisotopic (exact) mass is 234 g/mol. The minimum absolute atomic E-state index is 0.385. The maximum Gasteiger partial charge on any atom is 0.119 e. The fraction of sp³-hybridized carbons (Fsp3) is 0.0588. The molecule has 0 spiro atoms. The van der Waals surface area contributed by atoms with Crippen molar-refractivity contribution in [3.63, 3.8) is 0 Å². The highest BCUT2D eigenvalue weighted by Crippen LogP contribution is 2.33. The zero-order valence-electron chi connectivity index (χ0n) is 10.0. The summed E-state index contributed by atoms with van der Waals surface area (Å²) in [5.74, 6) is 0.385. The summed E-state index contributed by atoms with van der Waals surface area (Å²) < 4.78 is 0. The molecule has 0 fully saturated rings. The van der Waals surface area contributed by atoms with Crippen molar-refractivity contribution in [1.29, 1.82) is 0 Å². The second-order valence-electron chi connectivity index (χ2n) is 4.42. The number of aliphatic hydroxyl groups is 1. The van der Waals surface area contributed by atoms with E-state index in [0.29, 0.717) is 5.76 Å². The molecule has 0 atom stereocenters. The Bertz CT molecular complexity index is 621. The van der Waals surface area contributed by atoms with E-state index in [9.17, 15) is 5.11 Å². The van der Waals surface area contributed by atoms with Crippen LogP contribution in [0.5, 0.6) is 0 Å². The highest BCUT2D eigenvalue weighted by atomic mass is 16.3. The van der Waals surface area contributed by atoms with Crippen molar-refractivity contribution in [1.82, 2.24) is 0 Å². The molecular weight excluding hydrogens is 220 g/mol. The van der Waals surface area contributed by atoms with E-state index in [1.807, 2.05) is 42.5 Å². The fourth-order valence-electron chi connectivity index (χ4n) is 2.30. The van der Waals surface area contributed by atoms with Crippen LogP contribution in [0.1, 0.15) is 23.1 Å². The number of rotatable bonds is 1. The van der Waals surface area contributed by atoms with Crippen LogP contribution in [0.3, 0.4) is 0 Å². The molecule has 2 aromatic carbocycles. The zero-order chi connectivity index (χ0) is 12.4. The number of fused-ring (bicyclic) bond motifs is 1. The summed E-state index contributed by atoms with van der Waals surface area (Å²) in [4.78, 5) is 0. The lowest BCUT2D eigenvalue weighted by Gasteiger charge is -2.16. The predicted molar refractivity (Wildman–Crippen MR) is 76.0 cm³/mol. The second kappa shape index (κ2) is 4.53. The molecule has 0 heterocycles. The summed E-state index contributed by atoms with van der Waals surface area (Å²) in [7, 11) is 0. The van der Waals surface area contributed by atoms with Crippen molar-refractivity contribution >= 4 is 17.4 Å². The SMILES string of the molecule is OC1=CC/C(=C\c2ccccc2)c2ccccc21. The van der Waals surface area contributed by atoms with E-state index in [1.165, 1.54) is 11.1 Å². The van der Waals surface area contributed by atoms with Gasteiger partial charge in [0.15, 0.2) is 0 Å². The third kappa shape index (κ3) is 1.95. The van der Waals surface area contributed by atoms with Crippen LogP contribution >= 0.6 is 0 Å². The minimum atomic E-state index is 0.385. The van der Waals surface area contributed by atoms with Crippen molar-refractivity contribution < 1.29 is 5.11 Å². The molecule has 0 amide bonds. The molecule has 0 radical (unpaired) electrons. The Kier molecular flexibility index (Phi) is 2.73.